The third kappa shape index (κ3) is 1.62. The molecule has 0 saturated heterocycles. The highest BCUT2D eigenvalue weighted by Crippen LogP contribution is 2.06. The van der Waals surface area contributed by atoms with Crippen molar-refractivity contribution in [2.45, 2.75) is 6.61 Å². The van der Waals surface area contributed by atoms with Crippen molar-refractivity contribution in [2.24, 2.45) is 0 Å². The van der Waals surface area contributed by atoms with Gasteiger partial charge in [0.05, 0.1) is 5.69 Å². The first-order chi connectivity index (χ1) is 6.92. The lowest BCUT2D eigenvalue weighted by atomic mass is 10.3. The van der Waals surface area contributed by atoms with E-state index in [1.165, 1.54) is 0 Å². The molecule has 2 aromatic rings. The molecule has 0 N–H and O–H groups in total. The first-order valence-corrected chi connectivity index (χ1v) is 4.23. The monoisotopic (exact) mass is 190 g/mol. The molecule has 72 valence electrons. The van der Waals surface area contributed by atoms with Gasteiger partial charge in [-0.3, -0.25) is 0 Å². The van der Waals surface area contributed by atoms with Crippen molar-refractivity contribution < 1.29 is 4.74 Å². The summed E-state index contributed by atoms with van der Waals surface area (Å²) < 4.78 is 6.64. The highest BCUT2D eigenvalue weighted by atomic mass is 16.5. The topological polar surface area (TPSA) is 52.8 Å². The van der Waals surface area contributed by atoms with E-state index in [0.29, 0.717) is 12.4 Å². The summed E-state index contributed by atoms with van der Waals surface area (Å²) >= 11 is 0. The second-order valence-corrected chi connectivity index (χ2v) is 2.78. The van der Waals surface area contributed by atoms with E-state index >= 15 is 0 Å². The molecule has 0 aliphatic heterocycles. The summed E-state index contributed by atoms with van der Waals surface area (Å²) in [6, 6.07) is 9.70. The Bertz CT molecular complexity index is 398. The minimum atomic E-state index is 0.405. The van der Waals surface area contributed by atoms with Crippen molar-refractivity contribution in [3.8, 4) is 5.69 Å². The molecule has 0 bridgehead atoms. The highest BCUT2D eigenvalue weighted by molar-refractivity contribution is 5.30. The molecule has 2 rings (SSSR count). The zero-order chi connectivity index (χ0) is 9.80. The van der Waals surface area contributed by atoms with E-state index in [1.54, 1.807) is 11.8 Å². The maximum atomic E-state index is 4.99. The zero-order valence-corrected chi connectivity index (χ0v) is 7.79. The number of aromatic nitrogens is 4. The van der Waals surface area contributed by atoms with Crippen LogP contribution < -0.4 is 0 Å². The third-order valence-corrected chi connectivity index (χ3v) is 1.81. The molecule has 0 saturated carbocycles. The van der Waals surface area contributed by atoms with Gasteiger partial charge in [-0.1, -0.05) is 18.2 Å². The molecule has 1 aromatic heterocycles. The molecule has 5 nitrogen and oxygen atoms in total. The zero-order valence-electron chi connectivity index (χ0n) is 7.79. The van der Waals surface area contributed by atoms with Gasteiger partial charge in [-0.25, -0.2) is 0 Å². The van der Waals surface area contributed by atoms with Crippen molar-refractivity contribution in [1.82, 2.24) is 20.2 Å². The van der Waals surface area contributed by atoms with Gasteiger partial charge in [-0.2, -0.15) is 4.68 Å². The van der Waals surface area contributed by atoms with Crippen molar-refractivity contribution in [3.05, 3.63) is 36.2 Å². The minimum Gasteiger partial charge on any atom is -0.377 e. The molecule has 0 aliphatic rings. The number of tetrazole rings is 1. The fraction of sp³-hybridized carbons (Fsp3) is 0.222. The number of para-hydroxylation sites is 1. The average Bonchev–Trinajstić information content (AvgIpc) is 2.68. The lowest BCUT2D eigenvalue weighted by Crippen LogP contribution is -2.03. The molecule has 0 unspecified atom stereocenters. The number of methoxy groups -OCH3 is 1. The number of benzene rings is 1. The van der Waals surface area contributed by atoms with E-state index in [-0.39, 0.29) is 0 Å². The van der Waals surface area contributed by atoms with Crippen LogP contribution in [0, 0.1) is 0 Å². The molecule has 5 heteroatoms. The fourth-order valence-electron chi connectivity index (χ4n) is 1.19. The van der Waals surface area contributed by atoms with Gasteiger partial charge in [0.1, 0.15) is 6.61 Å². The van der Waals surface area contributed by atoms with Crippen LogP contribution in [0.5, 0.6) is 0 Å². The predicted octanol–water partition coefficient (Wildman–Crippen LogP) is 0.809. The van der Waals surface area contributed by atoms with Crippen LogP contribution in [-0.2, 0) is 11.3 Å². The molecule has 0 radical (unpaired) electrons. The number of nitrogens with zero attached hydrogens (tertiary/aromatic N) is 4. The SMILES string of the molecule is COCc1nnnn1-c1ccccc1. The smallest absolute Gasteiger partial charge is 0.182 e. The van der Waals surface area contributed by atoms with E-state index in [1.807, 2.05) is 30.3 Å². The van der Waals surface area contributed by atoms with Crippen LogP contribution in [0.4, 0.5) is 0 Å². The molecule has 14 heavy (non-hydrogen) atoms. The Kier molecular flexibility index (Phi) is 2.51. The van der Waals surface area contributed by atoms with Crippen molar-refractivity contribution in [2.75, 3.05) is 7.11 Å². The van der Waals surface area contributed by atoms with Crippen LogP contribution in [0.15, 0.2) is 30.3 Å². The molecule has 0 atom stereocenters. The Morgan fingerprint density at radius 1 is 1.29 bits per heavy atom. The minimum absolute atomic E-state index is 0.405. The van der Waals surface area contributed by atoms with Crippen molar-refractivity contribution in [1.29, 1.82) is 0 Å². The summed E-state index contributed by atoms with van der Waals surface area (Å²) in [7, 11) is 1.62. The van der Waals surface area contributed by atoms with Crippen LogP contribution in [0.25, 0.3) is 5.69 Å². The molecule has 0 spiro atoms. The molecule has 1 heterocycles. The third-order valence-electron chi connectivity index (χ3n) is 1.81. The van der Waals surface area contributed by atoms with Crippen LogP contribution in [0.3, 0.4) is 0 Å². The fourth-order valence-corrected chi connectivity index (χ4v) is 1.19. The molecule has 1 aromatic carbocycles. The van der Waals surface area contributed by atoms with Gasteiger partial charge in [0.2, 0.25) is 0 Å². The summed E-state index contributed by atoms with van der Waals surface area (Å²) in [4.78, 5) is 0. The average molecular weight is 190 g/mol. The van der Waals surface area contributed by atoms with Gasteiger partial charge in [0.25, 0.3) is 0 Å². The van der Waals surface area contributed by atoms with Gasteiger partial charge in [-0.15, -0.1) is 5.10 Å². The summed E-state index contributed by atoms with van der Waals surface area (Å²) in [6.45, 7) is 0.405. The maximum absolute atomic E-state index is 4.99. The van der Waals surface area contributed by atoms with Gasteiger partial charge in [0.15, 0.2) is 5.82 Å². The molecular formula is C9H10N4O. The second-order valence-electron chi connectivity index (χ2n) is 2.78. The van der Waals surface area contributed by atoms with E-state index in [4.69, 9.17) is 4.74 Å². The normalized spacial score (nSPS) is 10.4. The molecule has 0 aliphatic carbocycles. The lowest BCUT2D eigenvalue weighted by Gasteiger charge is -2.02. The van der Waals surface area contributed by atoms with E-state index in [0.717, 1.165) is 5.69 Å². The van der Waals surface area contributed by atoms with Gasteiger partial charge >= 0.3 is 0 Å². The lowest BCUT2D eigenvalue weighted by molar-refractivity contribution is 0.175. The number of rotatable bonds is 3. The van der Waals surface area contributed by atoms with E-state index in [9.17, 15) is 0 Å². The maximum Gasteiger partial charge on any atom is 0.182 e. The highest BCUT2D eigenvalue weighted by Gasteiger charge is 2.06. The van der Waals surface area contributed by atoms with Gasteiger partial charge in [-0.05, 0) is 22.6 Å². The quantitative estimate of drug-likeness (QED) is 0.718. The van der Waals surface area contributed by atoms with E-state index < -0.39 is 0 Å². The first-order valence-electron chi connectivity index (χ1n) is 4.23. The Hall–Kier alpha value is -1.75. The summed E-state index contributed by atoms with van der Waals surface area (Å²) in [5.74, 6) is 0.693. The van der Waals surface area contributed by atoms with Gasteiger partial charge < -0.3 is 4.74 Å². The standard InChI is InChI=1S/C9H10N4O/c1-14-7-9-10-11-12-13(9)8-5-3-2-4-6-8/h2-6H,7H2,1H3. The molecule has 0 amide bonds. The van der Waals surface area contributed by atoms with E-state index in [2.05, 4.69) is 15.5 Å². The van der Waals surface area contributed by atoms with Crippen LogP contribution in [-0.4, -0.2) is 27.3 Å². The number of hydrogen-bond donors (Lipinski definition) is 0. The predicted molar refractivity (Wildman–Crippen MR) is 49.9 cm³/mol. The first kappa shape index (κ1) is 8.83. The largest absolute Gasteiger partial charge is 0.377 e. The Morgan fingerprint density at radius 2 is 2.07 bits per heavy atom. The van der Waals surface area contributed by atoms with Gasteiger partial charge in [0, 0.05) is 7.11 Å². The van der Waals surface area contributed by atoms with Crippen molar-refractivity contribution in [3.63, 3.8) is 0 Å². The Morgan fingerprint density at radius 3 is 2.79 bits per heavy atom. The second kappa shape index (κ2) is 3.97. The summed E-state index contributed by atoms with van der Waals surface area (Å²) in [5.41, 5.74) is 0.935. The molecule has 0 fully saturated rings. The number of hydrogen-bond acceptors (Lipinski definition) is 4. The molecular weight excluding hydrogens is 180 g/mol. The Balaban J connectivity index is 2.37. The summed E-state index contributed by atoms with van der Waals surface area (Å²) in [5, 5.41) is 11.3. The van der Waals surface area contributed by atoms with Crippen LogP contribution in [0.1, 0.15) is 5.82 Å². The number of ether oxygens (including phenoxy) is 1. The summed E-state index contributed by atoms with van der Waals surface area (Å²) in [6.07, 6.45) is 0. The van der Waals surface area contributed by atoms with Crippen molar-refractivity contribution >= 4 is 0 Å². The Labute approximate surface area is 81.3 Å². The van der Waals surface area contributed by atoms with Crippen LogP contribution >= 0.6 is 0 Å². The van der Waals surface area contributed by atoms with Crippen LogP contribution in [0.2, 0.25) is 0 Å².